The molecule has 0 saturated carbocycles. The Morgan fingerprint density at radius 1 is 1.11 bits per heavy atom. The number of methoxy groups -OCH3 is 1. The summed E-state index contributed by atoms with van der Waals surface area (Å²) in [6, 6.07) is 18.0. The van der Waals surface area contributed by atoms with Crippen LogP contribution in [0.4, 0.5) is 5.69 Å². The molecule has 0 saturated heterocycles. The van der Waals surface area contributed by atoms with Gasteiger partial charge in [0.25, 0.3) is 5.91 Å². The molecule has 4 rings (SSSR count). The number of aromatic nitrogens is 1. The number of carbonyl (C=O) groups is 1. The molecule has 1 heterocycles. The van der Waals surface area contributed by atoms with Gasteiger partial charge in [-0.2, -0.15) is 0 Å². The van der Waals surface area contributed by atoms with Crippen LogP contribution in [0.1, 0.15) is 15.9 Å². The number of oxazole rings is 1. The van der Waals surface area contributed by atoms with E-state index in [9.17, 15) is 4.79 Å². The summed E-state index contributed by atoms with van der Waals surface area (Å²) in [5.74, 6) is 0.876. The zero-order chi connectivity index (χ0) is 19.7. The summed E-state index contributed by atoms with van der Waals surface area (Å²) in [6.07, 6.45) is 0. The van der Waals surface area contributed by atoms with Crippen molar-refractivity contribution in [2.75, 3.05) is 12.4 Å². The second-order valence-corrected chi connectivity index (χ2v) is 6.76. The lowest BCUT2D eigenvalue weighted by Crippen LogP contribution is -2.11. The molecular weight excluding hydrogens is 376 g/mol. The van der Waals surface area contributed by atoms with Gasteiger partial charge in [0.05, 0.1) is 7.11 Å². The summed E-state index contributed by atoms with van der Waals surface area (Å²) < 4.78 is 11.0. The quantitative estimate of drug-likeness (QED) is 0.482. The van der Waals surface area contributed by atoms with Crippen LogP contribution < -0.4 is 10.1 Å². The maximum atomic E-state index is 12.5. The Kier molecular flexibility index (Phi) is 4.75. The molecule has 0 spiro atoms. The third-order valence-electron chi connectivity index (χ3n) is 4.40. The van der Waals surface area contributed by atoms with E-state index in [0.29, 0.717) is 39.0 Å². The molecule has 5 nitrogen and oxygen atoms in total. The topological polar surface area (TPSA) is 64.4 Å². The van der Waals surface area contributed by atoms with Gasteiger partial charge in [-0.3, -0.25) is 4.79 Å². The van der Waals surface area contributed by atoms with Gasteiger partial charge in [-0.25, -0.2) is 4.98 Å². The number of halogens is 1. The van der Waals surface area contributed by atoms with Gasteiger partial charge >= 0.3 is 0 Å². The van der Waals surface area contributed by atoms with E-state index >= 15 is 0 Å². The number of benzene rings is 3. The van der Waals surface area contributed by atoms with Crippen molar-refractivity contribution in [1.29, 1.82) is 0 Å². The number of aryl methyl sites for hydroxylation is 1. The van der Waals surface area contributed by atoms with Crippen LogP contribution in [0.3, 0.4) is 0 Å². The molecule has 6 heteroatoms. The molecule has 0 radical (unpaired) electrons. The molecule has 0 aliphatic heterocycles. The Bertz CT molecular complexity index is 1180. The number of hydrogen-bond acceptors (Lipinski definition) is 4. The molecule has 0 unspecified atom stereocenters. The van der Waals surface area contributed by atoms with Crippen molar-refractivity contribution < 1.29 is 13.9 Å². The minimum Gasteiger partial charge on any atom is -0.497 e. The highest BCUT2D eigenvalue weighted by atomic mass is 35.5. The number of nitrogens with one attached hydrogen (secondary N) is 1. The molecule has 0 bridgehead atoms. The van der Waals surface area contributed by atoms with Crippen molar-refractivity contribution >= 4 is 34.3 Å². The fourth-order valence-electron chi connectivity index (χ4n) is 2.82. The van der Waals surface area contributed by atoms with E-state index in [1.807, 2.05) is 25.1 Å². The second-order valence-electron chi connectivity index (χ2n) is 6.35. The fourth-order valence-corrected chi connectivity index (χ4v) is 3.00. The van der Waals surface area contributed by atoms with E-state index in [1.165, 1.54) is 0 Å². The van der Waals surface area contributed by atoms with Crippen molar-refractivity contribution in [2.24, 2.45) is 0 Å². The Labute approximate surface area is 166 Å². The number of anilines is 1. The highest BCUT2D eigenvalue weighted by Crippen LogP contribution is 2.29. The lowest BCUT2D eigenvalue weighted by molar-refractivity contribution is 0.102. The van der Waals surface area contributed by atoms with E-state index in [2.05, 4.69) is 10.3 Å². The number of hydrogen-bond donors (Lipinski definition) is 1. The van der Waals surface area contributed by atoms with Crippen LogP contribution in [-0.4, -0.2) is 18.0 Å². The zero-order valence-corrected chi connectivity index (χ0v) is 16.1. The average molecular weight is 393 g/mol. The minimum atomic E-state index is -0.229. The predicted octanol–water partition coefficient (Wildman–Crippen LogP) is 5.72. The number of nitrogens with zero attached hydrogens (tertiary/aromatic N) is 1. The summed E-state index contributed by atoms with van der Waals surface area (Å²) in [6.45, 7) is 1.94. The van der Waals surface area contributed by atoms with Crippen LogP contribution in [-0.2, 0) is 0 Å². The Balaban J connectivity index is 1.60. The molecule has 1 amide bonds. The van der Waals surface area contributed by atoms with Crippen molar-refractivity contribution in [3.05, 3.63) is 76.8 Å². The van der Waals surface area contributed by atoms with Crippen molar-refractivity contribution in [3.8, 4) is 17.2 Å². The standard InChI is InChI=1S/C22H17ClN2O3/c1-13-6-7-15(11-18(13)23)22-25-19-12-16(8-9-20(19)28-22)24-21(26)14-4-3-5-17(10-14)27-2/h3-12H,1-2H3,(H,24,26). The first kappa shape index (κ1) is 18.1. The lowest BCUT2D eigenvalue weighted by atomic mass is 10.1. The SMILES string of the molecule is COc1cccc(C(=O)Nc2ccc3oc(-c4ccc(C)c(Cl)c4)nc3c2)c1. The van der Waals surface area contributed by atoms with Crippen molar-refractivity contribution in [3.63, 3.8) is 0 Å². The van der Waals surface area contributed by atoms with E-state index < -0.39 is 0 Å². The summed E-state index contributed by atoms with van der Waals surface area (Å²) in [7, 11) is 1.56. The van der Waals surface area contributed by atoms with Gasteiger partial charge in [0.1, 0.15) is 11.3 Å². The largest absolute Gasteiger partial charge is 0.497 e. The summed E-state index contributed by atoms with van der Waals surface area (Å²) in [5.41, 5.74) is 4.20. The van der Waals surface area contributed by atoms with Crippen LogP contribution in [0, 0.1) is 6.92 Å². The highest BCUT2D eigenvalue weighted by Gasteiger charge is 2.12. The maximum Gasteiger partial charge on any atom is 0.255 e. The third-order valence-corrected chi connectivity index (χ3v) is 4.80. The van der Waals surface area contributed by atoms with Crippen molar-refractivity contribution in [1.82, 2.24) is 4.98 Å². The summed E-state index contributed by atoms with van der Waals surface area (Å²) >= 11 is 6.20. The minimum absolute atomic E-state index is 0.229. The van der Waals surface area contributed by atoms with Gasteiger partial charge in [-0.15, -0.1) is 0 Å². The first-order valence-electron chi connectivity index (χ1n) is 8.66. The summed E-state index contributed by atoms with van der Waals surface area (Å²) in [5, 5.41) is 3.53. The molecule has 0 fully saturated rings. The van der Waals surface area contributed by atoms with Gasteiger partial charge < -0.3 is 14.5 Å². The molecule has 0 aliphatic rings. The van der Waals surface area contributed by atoms with Crippen LogP contribution in [0.25, 0.3) is 22.6 Å². The molecule has 4 aromatic rings. The molecule has 140 valence electrons. The summed E-state index contributed by atoms with van der Waals surface area (Å²) in [4.78, 5) is 17.0. The molecule has 28 heavy (non-hydrogen) atoms. The molecular formula is C22H17ClN2O3. The molecule has 3 aromatic carbocycles. The molecule has 1 aromatic heterocycles. The third kappa shape index (κ3) is 3.57. The van der Waals surface area contributed by atoms with Gasteiger partial charge in [0.2, 0.25) is 5.89 Å². The number of amides is 1. The van der Waals surface area contributed by atoms with Crippen LogP contribution >= 0.6 is 11.6 Å². The normalized spacial score (nSPS) is 10.8. The smallest absolute Gasteiger partial charge is 0.255 e. The number of ether oxygens (including phenoxy) is 1. The predicted molar refractivity (Wildman–Crippen MR) is 110 cm³/mol. The van der Waals surface area contributed by atoms with Gasteiger partial charge in [0.15, 0.2) is 5.58 Å². The molecule has 0 atom stereocenters. The van der Waals surface area contributed by atoms with Crippen LogP contribution in [0.2, 0.25) is 5.02 Å². The van der Waals surface area contributed by atoms with E-state index in [-0.39, 0.29) is 5.91 Å². The Hall–Kier alpha value is -3.31. The van der Waals surface area contributed by atoms with Crippen LogP contribution in [0.15, 0.2) is 65.1 Å². The Morgan fingerprint density at radius 2 is 1.96 bits per heavy atom. The van der Waals surface area contributed by atoms with Crippen molar-refractivity contribution in [2.45, 2.75) is 6.92 Å². The molecule has 1 N–H and O–H groups in total. The van der Waals surface area contributed by atoms with E-state index in [0.717, 1.165) is 11.1 Å². The van der Waals surface area contributed by atoms with E-state index in [4.69, 9.17) is 20.8 Å². The first-order chi connectivity index (χ1) is 13.5. The van der Waals surface area contributed by atoms with Crippen LogP contribution in [0.5, 0.6) is 5.75 Å². The van der Waals surface area contributed by atoms with Gasteiger partial charge in [0, 0.05) is 21.8 Å². The maximum absolute atomic E-state index is 12.5. The Morgan fingerprint density at radius 3 is 2.75 bits per heavy atom. The number of fused-ring (bicyclic) bond motifs is 1. The fraction of sp³-hybridized carbons (Fsp3) is 0.0909. The number of carbonyl (C=O) groups excluding carboxylic acids is 1. The van der Waals surface area contributed by atoms with E-state index in [1.54, 1.807) is 49.6 Å². The van der Waals surface area contributed by atoms with Gasteiger partial charge in [-0.05, 0) is 61.0 Å². The zero-order valence-electron chi connectivity index (χ0n) is 15.3. The average Bonchev–Trinajstić information content (AvgIpc) is 3.13. The lowest BCUT2D eigenvalue weighted by Gasteiger charge is -2.06. The number of rotatable bonds is 4. The van der Waals surface area contributed by atoms with Gasteiger partial charge in [-0.1, -0.05) is 23.7 Å². The monoisotopic (exact) mass is 392 g/mol. The highest BCUT2D eigenvalue weighted by molar-refractivity contribution is 6.31. The first-order valence-corrected chi connectivity index (χ1v) is 9.04. The molecule has 0 aliphatic carbocycles. The second kappa shape index (κ2) is 7.37.